The van der Waals surface area contributed by atoms with Crippen molar-refractivity contribution in [2.24, 2.45) is 0 Å². The second kappa shape index (κ2) is 6.97. The van der Waals surface area contributed by atoms with Gasteiger partial charge in [0.15, 0.2) is 0 Å². The van der Waals surface area contributed by atoms with E-state index in [-0.39, 0.29) is 5.91 Å². The SMILES string of the molecule is O=C(c1ccc2n[nH]c(Br)c2n1)N(CCCCOS)C1CC1. The molecule has 6 nitrogen and oxygen atoms in total. The summed E-state index contributed by atoms with van der Waals surface area (Å²) in [5.74, 6) is -0.00991. The van der Waals surface area contributed by atoms with Crippen LogP contribution in [0.25, 0.3) is 11.0 Å². The van der Waals surface area contributed by atoms with E-state index in [1.54, 1.807) is 6.07 Å². The third-order valence-corrected chi connectivity index (χ3v) is 4.44. The Labute approximate surface area is 142 Å². The van der Waals surface area contributed by atoms with Crippen molar-refractivity contribution in [3.8, 4) is 0 Å². The first-order valence-corrected chi connectivity index (χ1v) is 8.44. The van der Waals surface area contributed by atoms with Gasteiger partial charge >= 0.3 is 0 Å². The Hall–Kier alpha value is -1.12. The summed E-state index contributed by atoms with van der Waals surface area (Å²) in [6, 6.07) is 3.91. The van der Waals surface area contributed by atoms with E-state index < -0.39 is 0 Å². The number of rotatable bonds is 7. The number of nitrogens with one attached hydrogen (secondary N) is 1. The maximum atomic E-state index is 12.7. The van der Waals surface area contributed by atoms with Gasteiger partial charge in [-0.25, -0.2) is 4.98 Å². The zero-order valence-electron chi connectivity index (χ0n) is 12.0. The van der Waals surface area contributed by atoms with Crippen LogP contribution in [0.5, 0.6) is 0 Å². The second-order valence-corrected chi connectivity index (χ2v) is 6.42. The number of pyridine rings is 1. The van der Waals surface area contributed by atoms with Crippen molar-refractivity contribution in [1.29, 1.82) is 0 Å². The van der Waals surface area contributed by atoms with Crippen LogP contribution in [0.4, 0.5) is 0 Å². The number of hydrogen-bond donors (Lipinski definition) is 2. The molecule has 3 rings (SSSR count). The summed E-state index contributed by atoms with van der Waals surface area (Å²) in [4.78, 5) is 19.1. The van der Waals surface area contributed by atoms with E-state index >= 15 is 0 Å². The number of fused-ring (bicyclic) bond motifs is 1. The Bertz CT molecular complexity index is 674. The minimum Gasteiger partial charge on any atom is -0.334 e. The third kappa shape index (κ3) is 3.44. The summed E-state index contributed by atoms with van der Waals surface area (Å²) in [5.41, 5.74) is 1.89. The fourth-order valence-corrected chi connectivity index (χ4v) is 2.93. The normalized spacial score (nSPS) is 14.5. The van der Waals surface area contributed by atoms with E-state index in [1.807, 2.05) is 11.0 Å². The number of nitrogens with zero attached hydrogens (tertiary/aromatic N) is 3. The Kier molecular flexibility index (Phi) is 5.00. The van der Waals surface area contributed by atoms with Crippen molar-refractivity contribution >= 4 is 45.8 Å². The number of unbranched alkanes of at least 4 members (excludes halogenated alkanes) is 1. The smallest absolute Gasteiger partial charge is 0.272 e. The number of halogens is 1. The first kappa shape index (κ1) is 15.8. The lowest BCUT2D eigenvalue weighted by Gasteiger charge is -2.22. The van der Waals surface area contributed by atoms with Gasteiger partial charge in [-0.3, -0.25) is 9.89 Å². The molecule has 0 aromatic carbocycles. The largest absolute Gasteiger partial charge is 0.334 e. The molecule has 1 aliphatic rings. The number of H-pyrrole nitrogens is 1. The molecule has 0 unspecified atom stereocenters. The highest BCUT2D eigenvalue weighted by Gasteiger charge is 2.33. The van der Waals surface area contributed by atoms with Crippen LogP contribution in [-0.2, 0) is 4.18 Å². The molecule has 0 spiro atoms. The van der Waals surface area contributed by atoms with Gasteiger partial charge in [0.1, 0.15) is 21.3 Å². The lowest BCUT2D eigenvalue weighted by Crippen LogP contribution is -2.34. The molecule has 1 amide bonds. The number of thiol groups is 1. The van der Waals surface area contributed by atoms with Crippen LogP contribution >= 0.6 is 28.8 Å². The molecule has 1 fully saturated rings. The minimum absolute atomic E-state index is 0.00991. The predicted octanol–water partition coefficient (Wildman–Crippen LogP) is 2.97. The fraction of sp³-hybridized carbons (Fsp3) is 0.500. The second-order valence-electron chi connectivity index (χ2n) is 5.37. The Morgan fingerprint density at radius 3 is 3.00 bits per heavy atom. The van der Waals surface area contributed by atoms with E-state index in [4.69, 9.17) is 4.18 Å². The maximum absolute atomic E-state index is 12.7. The molecule has 0 radical (unpaired) electrons. The van der Waals surface area contributed by atoms with Gasteiger partial charge in [0.05, 0.1) is 6.61 Å². The molecule has 0 saturated heterocycles. The Balaban J connectivity index is 1.74. The molecule has 2 aromatic rings. The van der Waals surface area contributed by atoms with E-state index in [1.165, 1.54) is 0 Å². The molecule has 22 heavy (non-hydrogen) atoms. The topological polar surface area (TPSA) is 71.1 Å². The van der Waals surface area contributed by atoms with Gasteiger partial charge in [-0.2, -0.15) is 5.10 Å². The predicted molar refractivity (Wildman–Crippen MR) is 89.8 cm³/mol. The average Bonchev–Trinajstić information content (AvgIpc) is 3.30. The highest BCUT2D eigenvalue weighted by atomic mass is 79.9. The number of amides is 1. The zero-order chi connectivity index (χ0) is 15.5. The van der Waals surface area contributed by atoms with Crippen LogP contribution in [-0.4, -0.2) is 45.2 Å². The van der Waals surface area contributed by atoms with Gasteiger partial charge in [0.25, 0.3) is 5.91 Å². The fourth-order valence-electron chi connectivity index (χ4n) is 2.42. The van der Waals surface area contributed by atoms with Crippen LogP contribution in [0.2, 0.25) is 0 Å². The number of hydrogen-bond acceptors (Lipinski definition) is 5. The molecule has 2 aromatic heterocycles. The summed E-state index contributed by atoms with van der Waals surface area (Å²) >= 11 is 7.09. The molecule has 2 heterocycles. The molecule has 1 aliphatic carbocycles. The van der Waals surface area contributed by atoms with Crippen molar-refractivity contribution in [3.63, 3.8) is 0 Å². The van der Waals surface area contributed by atoms with Crippen LogP contribution in [0.15, 0.2) is 16.7 Å². The lowest BCUT2D eigenvalue weighted by atomic mass is 10.2. The van der Waals surface area contributed by atoms with Crippen LogP contribution in [0.1, 0.15) is 36.2 Å². The summed E-state index contributed by atoms with van der Waals surface area (Å²) in [5, 5.41) is 6.91. The average molecular weight is 385 g/mol. The van der Waals surface area contributed by atoms with Gasteiger partial charge in [-0.15, -0.1) is 0 Å². The van der Waals surface area contributed by atoms with Crippen molar-refractivity contribution in [2.45, 2.75) is 31.7 Å². The van der Waals surface area contributed by atoms with Gasteiger partial charge < -0.3 is 9.08 Å². The Morgan fingerprint density at radius 2 is 2.27 bits per heavy atom. The zero-order valence-corrected chi connectivity index (χ0v) is 14.4. The van der Waals surface area contributed by atoms with Crippen molar-refractivity contribution in [2.75, 3.05) is 13.2 Å². The summed E-state index contributed by atoms with van der Waals surface area (Å²) in [6.45, 7) is 1.33. The van der Waals surface area contributed by atoms with Gasteiger partial charge in [0.2, 0.25) is 0 Å². The van der Waals surface area contributed by atoms with E-state index in [0.29, 0.717) is 28.5 Å². The Morgan fingerprint density at radius 1 is 1.45 bits per heavy atom. The van der Waals surface area contributed by atoms with Crippen LogP contribution in [0.3, 0.4) is 0 Å². The summed E-state index contributed by atoms with van der Waals surface area (Å²) in [7, 11) is 0. The molecular weight excluding hydrogens is 368 g/mol. The van der Waals surface area contributed by atoms with Crippen LogP contribution in [0, 0.1) is 0 Å². The molecule has 0 aliphatic heterocycles. The van der Waals surface area contributed by atoms with E-state index in [0.717, 1.165) is 37.7 Å². The number of carbonyl (C=O) groups excluding carboxylic acids is 1. The van der Waals surface area contributed by atoms with Crippen molar-refractivity contribution in [3.05, 3.63) is 22.4 Å². The van der Waals surface area contributed by atoms with Gasteiger partial charge in [0, 0.05) is 12.6 Å². The highest BCUT2D eigenvalue weighted by Crippen LogP contribution is 2.29. The molecule has 1 saturated carbocycles. The monoisotopic (exact) mass is 384 g/mol. The lowest BCUT2D eigenvalue weighted by molar-refractivity contribution is 0.0733. The van der Waals surface area contributed by atoms with Gasteiger partial charge in [-0.1, -0.05) is 0 Å². The summed E-state index contributed by atoms with van der Waals surface area (Å²) < 4.78 is 5.46. The van der Waals surface area contributed by atoms with Gasteiger partial charge in [-0.05, 0) is 66.7 Å². The maximum Gasteiger partial charge on any atom is 0.272 e. The quantitative estimate of drug-likeness (QED) is 0.437. The number of carbonyl (C=O) groups is 1. The molecule has 0 bridgehead atoms. The third-order valence-electron chi connectivity index (χ3n) is 3.71. The number of aromatic amines is 1. The van der Waals surface area contributed by atoms with Crippen molar-refractivity contribution < 1.29 is 8.98 Å². The summed E-state index contributed by atoms with van der Waals surface area (Å²) in [6.07, 6.45) is 3.94. The first-order chi connectivity index (χ1) is 10.7. The van der Waals surface area contributed by atoms with E-state index in [9.17, 15) is 4.79 Å². The van der Waals surface area contributed by atoms with E-state index in [2.05, 4.69) is 44.0 Å². The molecular formula is C14H17BrN4O2S. The molecule has 1 N–H and O–H groups in total. The minimum atomic E-state index is -0.00991. The standard InChI is InChI=1S/C14H17BrN4O2S/c15-13-12-10(17-18-13)5-6-11(16-12)14(20)19(9-3-4-9)7-1-2-8-21-22/h5-6,9,22H,1-4,7-8H2,(H,17,18). The molecule has 0 atom stereocenters. The van der Waals surface area contributed by atoms with Crippen molar-refractivity contribution in [1.82, 2.24) is 20.1 Å². The van der Waals surface area contributed by atoms with Crippen LogP contribution < -0.4 is 0 Å². The molecule has 118 valence electrons. The highest BCUT2D eigenvalue weighted by molar-refractivity contribution is 9.10. The molecule has 8 heteroatoms. The number of aromatic nitrogens is 3. The first-order valence-electron chi connectivity index (χ1n) is 7.28.